The van der Waals surface area contributed by atoms with Gasteiger partial charge in [-0.15, -0.1) is 0 Å². The molecule has 3 atom stereocenters. The van der Waals surface area contributed by atoms with E-state index in [1.54, 1.807) is 44.2 Å². The Kier molecular flexibility index (Phi) is 6.25. The van der Waals surface area contributed by atoms with E-state index >= 15 is 0 Å². The molecule has 132 valence electrons. The van der Waals surface area contributed by atoms with Crippen LogP contribution in [0.25, 0.3) is 0 Å². The van der Waals surface area contributed by atoms with E-state index in [-0.39, 0.29) is 5.91 Å². The molecule has 2 rings (SSSR count). The number of aliphatic hydroxyl groups is 1. The van der Waals surface area contributed by atoms with Crippen molar-refractivity contribution in [1.29, 1.82) is 0 Å². The van der Waals surface area contributed by atoms with E-state index in [1.807, 2.05) is 0 Å². The van der Waals surface area contributed by atoms with Gasteiger partial charge >= 0.3 is 0 Å². The summed E-state index contributed by atoms with van der Waals surface area (Å²) >= 11 is 0. The van der Waals surface area contributed by atoms with Crippen molar-refractivity contribution in [3.05, 3.63) is 71.5 Å². The number of halogens is 1. The van der Waals surface area contributed by atoms with Crippen molar-refractivity contribution in [3.8, 4) is 0 Å². The largest absolute Gasteiger partial charge is 0.386 e. The number of carbonyl (C=O) groups excluding carboxylic acids is 2. The van der Waals surface area contributed by atoms with Crippen LogP contribution in [-0.2, 0) is 4.79 Å². The van der Waals surface area contributed by atoms with Crippen molar-refractivity contribution in [2.24, 2.45) is 0 Å². The fourth-order valence-corrected chi connectivity index (χ4v) is 2.31. The minimum absolute atomic E-state index is 0.352. The normalized spacial score (nSPS) is 14.2. The van der Waals surface area contributed by atoms with Crippen molar-refractivity contribution in [3.63, 3.8) is 0 Å². The van der Waals surface area contributed by atoms with E-state index < -0.39 is 29.9 Å². The fraction of sp³-hybridized carbons (Fsp3) is 0.263. The molecule has 25 heavy (non-hydrogen) atoms. The molecule has 3 unspecified atom stereocenters. The average molecular weight is 344 g/mol. The third kappa shape index (κ3) is 5.12. The molecule has 0 heterocycles. The van der Waals surface area contributed by atoms with Crippen LogP contribution in [0.1, 0.15) is 35.9 Å². The first-order valence-corrected chi connectivity index (χ1v) is 7.98. The van der Waals surface area contributed by atoms with E-state index in [2.05, 4.69) is 10.6 Å². The third-order valence-corrected chi connectivity index (χ3v) is 3.83. The molecule has 0 radical (unpaired) electrons. The Morgan fingerprint density at radius 2 is 1.56 bits per heavy atom. The van der Waals surface area contributed by atoms with Gasteiger partial charge in [0.15, 0.2) is 0 Å². The van der Waals surface area contributed by atoms with Crippen LogP contribution in [0.5, 0.6) is 0 Å². The molecule has 0 aliphatic carbocycles. The number of nitrogens with one attached hydrogen (secondary N) is 2. The van der Waals surface area contributed by atoms with Gasteiger partial charge in [0.25, 0.3) is 5.91 Å². The second kappa shape index (κ2) is 8.39. The first-order valence-electron chi connectivity index (χ1n) is 7.98. The zero-order valence-corrected chi connectivity index (χ0v) is 14.1. The Bertz CT molecular complexity index is 719. The molecular weight excluding hydrogens is 323 g/mol. The number of carbonyl (C=O) groups is 2. The quantitative estimate of drug-likeness (QED) is 0.752. The molecule has 0 aliphatic heterocycles. The number of hydrogen-bond donors (Lipinski definition) is 3. The molecule has 2 aromatic rings. The van der Waals surface area contributed by atoms with Gasteiger partial charge < -0.3 is 15.7 Å². The van der Waals surface area contributed by atoms with Gasteiger partial charge in [0.1, 0.15) is 11.9 Å². The Hall–Kier alpha value is -2.73. The first kappa shape index (κ1) is 18.6. The van der Waals surface area contributed by atoms with Gasteiger partial charge in [-0.05, 0) is 43.7 Å². The molecule has 5 nitrogen and oxygen atoms in total. The highest BCUT2D eigenvalue weighted by molar-refractivity contribution is 5.97. The molecule has 0 fully saturated rings. The summed E-state index contributed by atoms with van der Waals surface area (Å²) < 4.78 is 12.9. The summed E-state index contributed by atoms with van der Waals surface area (Å²) in [5.74, 6) is -1.17. The molecule has 0 saturated carbocycles. The molecule has 6 heteroatoms. The lowest BCUT2D eigenvalue weighted by atomic mass is 10.0. The van der Waals surface area contributed by atoms with Crippen LogP contribution >= 0.6 is 0 Å². The topological polar surface area (TPSA) is 78.4 Å². The van der Waals surface area contributed by atoms with E-state index in [9.17, 15) is 19.1 Å². The Morgan fingerprint density at radius 1 is 0.960 bits per heavy atom. The van der Waals surface area contributed by atoms with Crippen LogP contribution in [0, 0.1) is 5.82 Å². The van der Waals surface area contributed by atoms with Gasteiger partial charge in [-0.25, -0.2) is 4.39 Å². The standard InChI is InChI=1S/C19H21FN2O3/c1-12(17(23)14-8-10-16(20)11-9-14)21-18(24)13(2)22-19(25)15-6-4-3-5-7-15/h3-13,17,23H,1-2H3,(H,21,24)(H,22,25). The van der Waals surface area contributed by atoms with E-state index in [1.165, 1.54) is 24.3 Å². The van der Waals surface area contributed by atoms with Crippen LogP contribution in [0.4, 0.5) is 4.39 Å². The zero-order chi connectivity index (χ0) is 18.4. The fourth-order valence-electron chi connectivity index (χ4n) is 2.31. The second-order valence-electron chi connectivity index (χ2n) is 5.85. The molecule has 0 spiro atoms. The predicted octanol–water partition coefficient (Wildman–Crippen LogP) is 2.18. The van der Waals surface area contributed by atoms with Crippen molar-refractivity contribution in [2.75, 3.05) is 0 Å². The van der Waals surface area contributed by atoms with Crippen LogP contribution in [0.3, 0.4) is 0 Å². The first-order chi connectivity index (χ1) is 11.9. The van der Waals surface area contributed by atoms with Crippen LogP contribution in [0.2, 0.25) is 0 Å². The van der Waals surface area contributed by atoms with Gasteiger partial charge in [0, 0.05) is 5.56 Å². The highest BCUT2D eigenvalue weighted by atomic mass is 19.1. The number of benzene rings is 2. The SMILES string of the molecule is CC(NC(=O)c1ccccc1)C(=O)NC(C)C(O)c1ccc(F)cc1. The van der Waals surface area contributed by atoms with Crippen LogP contribution < -0.4 is 10.6 Å². The summed E-state index contributed by atoms with van der Waals surface area (Å²) in [6.45, 7) is 3.20. The lowest BCUT2D eigenvalue weighted by Crippen LogP contribution is -2.48. The molecule has 2 aromatic carbocycles. The molecule has 0 aliphatic rings. The van der Waals surface area contributed by atoms with Crippen molar-refractivity contribution in [2.45, 2.75) is 32.0 Å². The molecule has 0 aromatic heterocycles. The van der Waals surface area contributed by atoms with Gasteiger partial charge in [-0.3, -0.25) is 9.59 Å². The summed E-state index contributed by atoms with van der Waals surface area (Å²) in [4.78, 5) is 24.3. The highest BCUT2D eigenvalue weighted by Crippen LogP contribution is 2.17. The Morgan fingerprint density at radius 3 is 2.16 bits per heavy atom. The minimum Gasteiger partial charge on any atom is -0.386 e. The van der Waals surface area contributed by atoms with Crippen molar-refractivity contribution >= 4 is 11.8 Å². The summed E-state index contributed by atoms with van der Waals surface area (Å²) in [5, 5.41) is 15.5. The van der Waals surface area contributed by atoms with Crippen molar-refractivity contribution < 1.29 is 19.1 Å². The van der Waals surface area contributed by atoms with Crippen LogP contribution in [0.15, 0.2) is 54.6 Å². The number of hydrogen-bond acceptors (Lipinski definition) is 3. The van der Waals surface area contributed by atoms with Gasteiger partial charge in [-0.1, -0.05) is 30.3 Å². The van der Waals surface area contributed by atoms with Crippen LogP contribution in [-0.4, -0.2) is 29.0 Å². The maximum atomic E-state index is 12.9. The number of amides is 2. The Labute approximate surface area is 145 Å². The van der Waals surface area contributed by atoms with E-state index in [4.69, 9.17) is 0 Å². The predicted molar refractivity (Wildman–Crippen MR) is 92.3 cm³/mol. The maximum Gasteiger partial charge on any atom is 0.251 e. The van der Waals surface area contributed by atoms with E-state index in [0.29, 0.717) is 11.1 Å². The Balaban J connectivity index is 1.91. The average Bonchev–Trinajstić information content (AvgIpc) is 2.62. The van der Waals surface area contributed by atoms with Gasteiger partial charge in [-0.2, -0.15) is 0 Å². The molecular formula is C19H21FN2O3. The molecule has 3 N–H and O–H groups in total. The number of rotatable bonds is 6. The lowest BCUT2D eigenvalue weighted by Gasteiger charge is -2.23. The van der Waals surface area contributed by atoms with Gasteiger partial charge in [0.05, 0.1) is 12.1 Å². The number of aliphatic hydroxyl groups excluding tert-OH is 1. The van der Waals surface area contributed by atoms with Crippen molar-refractivity contribution in [1.82, 2.24) is 10.6 Å². The minimum atomic E-state index is -0.985. The van der Waals surface area contributed by atoms with E-state index in [0.717, 1.165) is 0 Å². The van der Waals surface area contributed by atoms with Gasteiger partial charge in [0.2, 0.25) is 5.91 Å². The second-order valence-corrected chi connectivity index (χ2v) is 5.85. The zero-order valence-electron chi connectivity index (χ0n) is 14.1. The smallest absolute Gasteiger partial charge is 0.251 e. The maximum absolute atomic E-state index is 12.9. The lowest BCUT2D eigenvalue weighted by molar-refractivity contribution is -0.124. The molecule has 2 amide bonds. The molecule has 0 bridgehead atoms. The summed E-state index contributed by atoms with van der Waals surface area (Å²) in [5.41, 5.74) is 0.955. The third-order valence-electron chi connectivity index (χ3n) is 3.83. The summed E-state index contributed by atoms with van der Waals surface area (Å²) in [6, 6.07) is 12.6. The monoisotopic (exact) mass is 344 g/mol. The summed E-state index contributed by atoms with van der Waals surface area (Å²) in [6.07, 6.45) is -0.985. The highest BCUT2D eigenvalue weighted by Gasteiger charge is 2.22. The molecule has 0 saturated heterocycles. The summed E-state index contributed by atoms with van der Waals surface area (Å²) in [7, 11) is 0.